The number of hydrogen-bond donors (Lipinski definition) is 1. The third-order valence-electron chi connectivity index (χ3n) is 3.62. The van der Waals surface area contributed by atoms with Gasteiger partial charge in [0.2, 0.25) is 5.91 Å². The molecule has 0 spiro atoms. The molecule has 0 aliphatic carbocycles. The van der Waals surface area contributed by atoms with E-state index in [9.17, 15) is 14.9 Å². The minimum absolute atomic E-state index is 0.109. The summed E-state index contributed by atoms with van der Waals surface area (Å²) in [4.78, 5) is 24.6. The summed E-state index contributed by atoms with van der Waals surface area (Å²) >= 11 is 6.02. The number of ether oxygens (including phenoxy) is 2. The first-order chi connectivity index (χ1) is 13.1. The van der Waals surface area contributed by atoms with Gasteiger partial charge >= 0.3 is 0 Å². The molecular formula is C20H19ClN2O4. The van der Waals surface area contributed by atoms with Crippen LogP contribution in [0, 0.1) is 17.2 Å². The molecule has 0 saturated carbocycles. The van der Waals surface area contributed by atoms with E-state index in [2.05, 4.69) is 5.32 Å². The van der Waals surface area contributed by atoms with Crippen molar-refractivity contribution in [1.29, 1.82) is 5.26 Å². The molecule has 0 bridgehead atoms. The van der Waals surface area contributed by atoms with Gasteiger partial charge in [-0.25, -0.2) is 0 Å². The van der Waals surface area contributed by atoms with Gasteiger partial charge in [-0.3, -0.25) is 9.59 Å². The van der Waals surface area contributed by atoms with Gasteiger partial charge in [-0.1, -0.05) is 41.9 Å². The zero-order valence-corrected chi connectivity index (χ0v) is 15.5. The van der Waals surface area contributed by atoms with E-state index in [1.165, 1.54) is 0 Å². The second-order valence-corrected chi connectivity index (χ2v) is 5.94. The van der Waals surface area contributed by atoms with Crippen molar-refractivity contribution in [3.05, 3.63) is 59.1 Å². The number of para-hydroxylation sites is 2. The maximum atomic E-state index is 12.3. The summed E-state index contributed by atoms with van der Waals surface area (Å²) in [7, 11) is 0. The first kappa shape index (κ1) is 20.4. The molecular weight excluding hydrogens is 368 g/mol. The van der Waals surface area contributed by atoms with Gasteiger partial charge in [-0.15, -0.1) is 0 Å². The molecule has 2 aromatic carbocycles. The number of rotatable bonds is 9. The van der Waals surface area contributed by atoms with Crippen molar-refractivity contribution >= 4 is 29.0 Å². The van der Waals surface area contributed by atoms with Crippen molar-refractivity contribution in [2.24, 2.45) is 5.92 Å². The van der Waals surface area contributed by atoms with E-state index in [1.807, 2.05) is 6.92 Å². The lowest BCUT2D eigenvalue weighted by Crippen LogP contribution is -2.31. The highest BCUT2D eigenvalue weighted by Gasteiger charge is 2.27. The number of Topliss-reactive ketones (excluding diaryl/α,β-unsaturated/α-hetero) is 1. The van der Waals surface area contributed by atoms with Crippen LogP contribution in [-0.4, -0.2) is 24.9 Å². The fourth-order valence-corrected chi connectivity index (χ4v) is 2.48. The van der Waals surface area contributed by atoms with Crippen LogP contribution in [0.1, 0.15) is 12.5 Å². The largest absolute Gasteiger partial charge is 0.492 e. The van der Waals surface area contributed by atoms with Crippen LogP contribution in [0.15, 0.2) is 48.5 Å². The van der Waals surface area contributed by atoms with E-state index < -0.39 is 17.6 Å². The summed E-state index contributed by atoms with van der Waals surface area (Å²) in [6.45, 7) is 1.97. The maximum Gasteiger partial charge on any atom is 0.249 e. The zero-order chi connectivity index (χ0) is 19.6. The van der Waals surface area contributed by atoms with Gasteiger partial charge in [0.25, 0.3) is 0 Å². The Morgan fingerprint density at radius 3 is 2.59 bits per heavy atom. The van der Waals surface area contributed by atoms with Crippen LogP contribution in [0.4, 0.5) is 5.69 Å². The fourth-order valence-electron chi connectivity index (χ4n) is 2.29. The topological polar surface area (TPSA) is 88.4 Å². The van der Waals surface area contributed by atoms with E-state index in [1.54, 1.807) is 54.6 Å². The van der Waals surface area contributed by atoms with Gasteiger partial charge < -0.3 is 14.8 Å². The van der Waals surface area contributed by atoms with Gasteiger partial charge in [0.05, 0.1) is 25.0 Å². The lowest BCUT2D eigenvalue weighted by Gasteiger charge is -2.13. The average Bonchev–Trinajstić information content (AvgIpc) is 2.66. The number of benzene rings is 2. The first-order valence-electron chi connectivity index (χ1n) is 8.33. The number of halogens is 1. The van der Waals surface area contributed by atoms with Crippen molar-refractivity contribution in [2.75, 3.05) is 18.5 Å². The Labute approximate surface area is 162 Å². The molecule has 0 aliphatic heterocycles. The van der Waals surface area contributed by atoms with Crippen molar-refractivity contribution in [2.45, 2.75) is 13.5 Å². The van der Waals surface area contributed by atoms with Crippen LogP contribution in [-0.2, 0) is 20.9 Å². The zero-order valence-electron chi connectivity index (χ0n) is 14.8. The molecule has 2 aromatic rings. The molecule has 1 atom stereocenters. The SMILES string of the molecule is CCOc1ccccc1NC(=O)C(C#N)C(=O)COCc1ccccc1Cl. The number of carbonyl (C=O) groups excluding carboxylic acids is 2. The van der Waals surface area contributed by atoms with Crippen LogP contribution >= 0.6 is 11.6 Å². The van der Waals surface area contributed by atoms with E-state index in [-0.39, 0.29) is 13.2 Å². The minimum atomic E-state index is -1.48. The standard InChI is InChI=1S/C20H19ClN2O4/c1-2-27-19-10-6-5-9-17(19)23-20(25)15(11-22)18(24)13-26-12-14-7-3-4-8-16(14)21/h3-10,15H,2,12-13H2,1H3,(H,23,25). The van der Waals surface area contributed by atoms with E-state index >= 15 is 0 Å². The lowest BCUT2D eigenvalue weighted by molar-refractivity contribution is -0.132. The molecule has 0 aromatic heterocycles. The average molecular weight is 387 g/mol. The number of hydrogen-bond acceptors (Lipinski definition) is 5. The number of carbonyl (C=O) groups is 2. The summed E-state index contributed by atoms with van der Waals surface area (Å²) < 4.78 is 10.7. The van der Waals surface area contributed by atoms with Gasteiger partial charge in [0.1, 0.15) is 12.4 Å². The second-order valence-electron chi connectivity index (χ2n) is 5.53. The van der Waals surface area contributed by atoms with Gasteiger partial charge in [-0.05, 0) is 30.7 Å². The summed E-state index contributed by atoms with van der Waals surface area (Å²) in [6.07, 6.45) is 0. The number of nitrogens with zero attached hydrogens (tertiary/aromatic N) is 1. The highest BCUT2D eigenvalue weighted by atomic mass is 35.5. The Balaban J connectivity index is 1.95. The van der Waals surface area contributed by atoms with Crippen molar-refractivity contribution < 1.29 is 19.1 Å². The molecule has 0 saturated heterocycles. The fraction of sp³-hybridized carbons (Fsp3) is 0.250. The molecule has 2 rings (SSSR count). The summed E-state index contributed by atoms with van der Waals surface area (Å²) in [5.74, 6) is -2.37. The number of ketones is 1. The molecule has 7 heteroatoms. The maximum absolute atomic E-state index is 12.3. The van der Waals surface area contributed by atoms with Gasteiger partial charge in [-0.2, -0.15) is 5.26 Å². The normalized spacial score (nSPS) is 11.3. The molecule has 0 heterocycles. The first-order valence-corrected chi connectivity index (χ1v) is 8.70. The van der Waals surface area contributed by atoms with Crippen LogP contribution in [0.2, 0.25) is 5.02 Å². The lowest BCUT2D eigenvalue weighted by atomic mass is 10.1. The van der Waals surface area contributed by atoms with E-state index in [0.717, 1.165) is 5.56 Å². The van der Waals surface area contributed by atoms with Gasteiger partial charge in [0, 0.05) is 5.02 Å². The summed E-state index contributed by atoms with van der Waals surface area (Å²) in [6, 6.07) is 15.6. The quantitative estimate of drug-likeness (QED) is 0.665. The predicted octanol–water partition coefficient (Wildman–Crippen LogP) is 3.60. The Kier molecular flexibility index (Phi) is 7.80. The molecule has 0 radical (unpaired) electrons. The van der Waals surface area contributed by atoms with Crippen molar-refractivity contribution in [1.82, 2.24) is 0 Å². The van der Waals surface area contributed by atoms with Gasteiger partial charge in [0.15, 0.2) is 11.7 Å². The molecule has 1 N–H and O–H groups in total. The Hall–Kier alpha value is -2.88. The highest BCUT2D eigenvalue weighted by molar-refractivity contribution is 6.31. The number of nitrogens with one attached hydrogen (secondary N) is 1. The summed E-state index contributed by atoms with van der Waals surface area (Å²) in [5, 5.41) is 12.3. The van der Waals surface area contributed by atoms with Crippen LogP contribution in [0.3, 0.4) is 0 Å². The Bertz CT molecular complexity index is 848. The third kappa shape index (κ3) is 5.81. The van der Waals surface area contributed by atoms with Crippen molar-refractivity contribution in [3.8, 4) is 11.8 Å². The minimum Gasteiger partial charge on any atom is -0.492 e. The van der Waals surface area contributed by atoms with E-state index in [0.29, 0.717) is 23.1 Å². The van der Waals surface area contributed by atoms with Crippen molar-refractivity contribution in [3.63, 3.8) is 0 Å². The second kappa shape index (κ2) is 10.3. The molecule has 27 heavy (non-hydrogen) atoms. The molecule has 6 nitrogen and oxygen atoms in total. The molecule has 0 fully saturated rings. The Morgan fingerprint density at radius 1 is 1.19 bits per heavy atom. The Morgan fingerprint density at radius 2 is 1.89 bits per heavy atom. The highest BCUT2D eigenvalue weighted by Crippen LogP contribution is 2.24. The van der Waals surface area contributed by atoms with E-state index in [4.69, 9.17) is 21.1 Å². The number of amides is 1. The van der Waals surface area contributed by atoms with Crippen LogP contribution in [0.25, 0.3) is 0 Å². The predicted molar refractivity (Wildman–Crippen MR) is 101 cm³/mol. The molecule has 0 aliphatic rings. The van der Waals surface area contributed by atoms with Crippen LogP contribution in [0.5, 0.6) is 5.75 Å². The summed E-state index contributed by atoms with van der Waals surface area (Å²) in [5.41, 5.74) is 1.12. The number of anilines is 1. The monoisotopic (exact) mass is 386 g/mol. The molecule has 1 amide bonds. The molecule has 140 valence electrons. The molecule has 1 unspecified atom stereocenters. The third-order valence-corrected chi connectivity index (χ3v) is 3.99. The smallest absolute Gasteiger partial charge is 0.249 e. The number of nitriles is 1. The van der Waals surface area contributed by atoms with Crippen LogP contribution < -0.4 is 10.1 Å².